The SMILES string of the molecule is Cc1ccccc1-c1cc(C#N)c(O)c(C(=O)CCC(=O)O)n1. The zero-order valence-electron chi connectivity index (χ0n) is 12.4. The molecule has 0 amide bonds. The van der Waals surface area contributed by atoms with Gasteiger partial charge >= 0.3 is 5.97 Å². The van der Waals surface area contributed by atoms with Crippen molar-refractivity contribution in [2.24, 2.45) is 0 Å². The van der Waals surface area contributed by atoms with Gasteiger partial charge in [-0.1, -0.05) is 24.3 Å². The summed E-state index contributed by atoms with van der Waals surface area (Å²) in [6.45, 7) is 1.86. The fourth-order valence-corrected chi connectivity index (χ4v) is 2.16. The number of nitriles is 1. The first-order valence-corrected chi connectivity index (χ1v) is 6.89. The number of aromatic hydroxyl groups is 1. The molecule has 2 aromatic rings. The van der Waals surface area contributed by atoms with E-state index in [4.69, 9.17) is 10.4 Å². The van der Waals surface area contributed by atoms with Gasteiger partial charge in [-0.25, -0.2) is 4.98 Å². The number of hydrogen-bond acceptors (Lipinski definition) is 5. The lowest BCUT2D eigenvalue weighted by atomic mass is 10.0. The maximum Gasteiger partial charge on any atom is 0.303 e. The van der Waals surface area contributed by atoms with Crippen molar-refractivity contribution in [2.45, 2.75) is 19.8 Å². The van der Waals surface area contributed by atoms with Crippen molar-refractivity contribution < 1.29 is 19.8 Å². The van der Waals surface area contributed by atoms with E-state index in [1.807, 2.05) is 25.1 Å². The van der Waals surface area contributed by atoms with Crippen molar-refractivity contribution in [3.05, 3.63) is 47.2 Å². The van der Waals surface area contributed by atoms with Crippen LogP contribution in [0.2, 0.25) is 0 Å². The summed E-state index contributed by atoms with van der Waals surface area (Å²) in [5.41, 5.74) is 1.67. The van der Waals surface area contributed by atoms with Crippen LogP contribution in [0.25, 0.3) is 11.3 Å². The largest absolute Gasteiger partial charge is 0.504 e. The summed E-state index contributed by atoms with van der Waals surface area (Å²) in [6, 6.07) is 10.5. The minimum Gasteiger partial charge on any atom is -0.504 e. The normalized spacial score (nSPS) is 10.1. The Bertz CT molecular complexity index is 822. The summed E-state index contributed by atoms with van der Waals surface area (Å²) in [5, 5.41) is 27.8. The van der Waals surface area contributed by atoms with Crippen LogP contribution in [-0.2, 0) is 4.79 Å². The van der Waals surface area contributed by atoms with Crippen LogP contribution < -0.4 is 0 Å². The number of carbonyl (C=O) groups excluding carboxylic acids is 1. The fourth-order valence-electron chi connectivity index (χ4n) is 2.16. The molecule has 1 aromatic heterocycles. The van der Waals surface area contributed by atoms with Crippen molar-refractivity contribution in [3.63, 3.8) is 0 Å². The van der Waals surface area contributed by atoms with E-state index in [9.17, 15) is 14.7 Å². The highest BCUT2D eigenvalue weighted by Crippen LogP contribution is 2.29. The van der Waals surface area contributed by atoms with Gasteiger partial charge in [0, 0.05) is 12.0 Å². The Morgan fingerprint density at radius 3 is 2.57 bits per heavy atom. The summed E-state index contributed by atoms with van der Waals surface area (Å²) in [7, 11) is 0. The Morgan fingerprint density at radius 2 is 1.96 bits per heavy atom. The van der Waals surface area contributed by atoms with E-state index in [2.05, 4.69) is 4.98 Å². The molecule has 1 aromatic carbocycles. The average Bonchev–Trinajstić information content (AvgIpc) is 2.53. The Morgan fingerprint density at radius 1 is 1.26 bits per heavy atom. The molecule has 1 heterocycles. The van der Waals surface area contributed by atoms with Gasteiger partial charge in [-0.15, -0.1) is 0 Å². The highest BCUT2D eigenvalue weighted by atomic mass is 16.4. The minimum absolute atomic E-state index is 0.0723. The van der Waals surface area contributed by atoms with Crippen LogP contribution in [0.3, 0.4) is 0 Å². The van der Waals surface area contributed by atoms with Crippen LogP contribution in [0.1, 0.15) is 34.5 Å². The molecule has 6 heteroatoms. The van der Waals surface area contributed by atoms with Gasteiger partial charge in [0.1, 0.15) is 11.8 Å². The zero-order chi connectivity index (χ0) is 17.0. The quantitative estimate of drug-likeness (QED) is 0.821. The molecule has 0 saturated heterocycles. The summed E-state index contributed by atoms with van der Waals surface area (Å²) in [5.74, 6) is -2.24. The number of carbonyl (C=O) groups is 2. The van der Waals surface area contributed by atoms with E-state index in [0.29, 0.717) is 5.69 Å². The van der Waals surface area contributed by atoms with Gasteiger partial charge in [0.05, 0.1) is 17.7 Å². The third kappa shape index (κ3) is 3.52. The molecule has 0 atom stereocenters. The molecular weight excluding hydrogens is 296 g/mol. The fraction of sp³-hybridized carbons (Fsp3) is 0.176. The molecular formula is C17H14N2O4. The Balaban J connectivity index is 2.53. The molecule has 2 N–H and O–H groups in total. The van der Waals surface area contributed by atoms with Gasteiger partial charge in [-0.05, 0) is 18.6 Å². The van der Waals surface area contributed by atoms with Gasteiger partial charge in [-0.2, -0.15) is 5.26 Å². The van der Waals surface area contributed by atoms with Gasteiger partial charge in [-0.3, -0.25) is 9.59 Å². The molecule has 0 spiro atoms. The maximum atomic E-state index is 12.1. The molecule has 0 aliphatic heterocycles. The van der Waals surface area contributed by atoms with Crippen molar-refractivity contribution in [3.8, 4) is 23.1 Å². The number of aliphatic carboxylic acids is 1. The van der Waals surface area contributed by atoms with Gasteiger partial charge in [0.2, 0.25) is 0 Å². The van der Waals surface area contributed by atoms with E-state index in [0.717, 1.165) is 11.1 Å². The Labute approximate surface area is 132 Å². The summed E-state index contributed by atoms with van der Waals surface area (Å²) in [4.78, 5) is 26.8. The molecule has 0 unspecified atom stereocenters. The van der Waals surface area contributed by atoms with Gasteiger partial charge < -0.3 is 10.2 Å². The predicted molar refractivity (Wildman–Crippen MR) is 82.0 cm³/mol. The molecule has 0 aliphatic carbocycles. The van der Waals surface area contributed by atoms with Crippen LogP contribution in [0, 0.1) is 18.3 Å². The number of carboxylic acid groups (broad SMARTS) is 1. The van der Waals surface area contributed by atoms with Gasteiger partial charge in [0.25, 0.3) is 0 Å². The predicted octanol–water partition coefficient (Wildman–Crippen LogP) is 2.68. The van der Waals surface area contributed by atoms with E-state index >= 15 is 0 Å². The van der Waals surface area contributed by atoms with Crippen molar-refractivity contribution >= 4 is 11.8 Å². The third-order valence-corrected chi connectivity index (χ3v) is 3.36. The molecule has 2 rings (SSSR count). The summed E-state index contributed by atoms with van der Waals surface area (Å²) >= 11 is 0. The number of aromatic nitrogens is 1. The molecule has 0 saturated carbocycles. The maximum absolute atomic E-state index is 12.1. The van der Waals surface area contributed by atoms with Crippen LogP contribution in [0.15, 0.2) is 30.3 Å². The Kier molecular flexibility index (Phi) is 4.72. The summed E-state index contributed by atoms with van der Waals surface area (Å²) in [6.07, 6.45) is -0.658. The number of Topliss-reactive ketones (excluding diaryl/α,β-unsaturated/α-hetero) is 1. The number of ketones is 1. The first-order chi connectivity index (χ1) is 10.9. The van der Waals surface area contributed by atoms with Crippen LogP contribution in [-0.4, -0.2) is 26.9 Å². The Hall–Kier alpha value is -3.20. The van der Waals surface area contributed by atoms with E-state index in [1.165, 1.54) is 6.07 Å². The van der Waals surface area contributed by atoms with Crippen molar-refractivity contribution in [1.29, 1.82) is 5.26 Å². The number of nitrogens with zero attached hydrogens (tertiary/aromatic N) is 2. The number of pyridine rings is 1. The minimum atomic E-state index is -1.12. The summed E-state index contributed by atoms with van der Waals surface area (Å²) < 4.78 is 0. The molecule has 6 nitrogen and oxygen atoms in total. The molecule has 0 bridgehead atoms. The molecule has 0 fully saturated rings. The molecule has 0 aliphatic rings. The first kappa shape index (κ1) is 16.2. The zero-order valence-corrected chi connectivity index (χ0v) is 12.4. The number of aryl methyl sites for hydroxylation is 1. The number of benzene rings is 1. The van der Waals surface area contributed by atoms with Crippen molar-refractivity contribution in [2.75, 3.05) is 0 Å². The van der Waals surface area contributed by atoms with Gasteiger partial charge in [0.15, 0.2) is 11.5 Å². The standard InChI is InChI=1S/C17H14N2O4/c1-10-4-2-3-5-12(10)13-8-11(9-18)17(23)16(19-13)14(20)6-7-15(21)22/h2-5,8,23H,6-7H2,1H3,(H,21,22). The van der Waals surface area contributed by atoms with Crippen LogP contribution in [0.5, 0.6) is 5.75 Å². The smallest absolute Gasteiger partial charge is 0.303 e. The number of rotatable bonds is 5. The lowest BCUT2D eigenvalue weighted by Gasteiger charge is -2.10. The second kappa shape index (κ2) is 6.71. The third-order valence-electron chi connectivity index (χ3n) is 3.36. The molecule has 0 radical (unpaired) electrons. The van der Waals surface area contributed by atoms with E-state index < -0.39 is 17.5 Å². The topological polar surface area (TPSA) is 111 Å². The number of hydrogen-bond donors (Lipinski definition) is 2. The van der Waals surface area contributed by atoms with E-state index in [1.54, 1.807) is 12.1 Å². The monoisotopic (exact) mass is 310 g/mol. The second-order valence-corrected chi connectivity index (χ2v) is 5.00. The average molecular weight is 310 g/mol. The second-order valence-electron chi connectivity index (χ2n) is 5.00. The highest BCUT2D eigenvalue weighted by molar-refractivity contribution is 5.99. The van der Waals surface area contributed by atoms with E-state index in [-0.39, 0.29) is 24.1 Å². The lowest BCUT2D eigenvalue weighted by Crippen LogP contribution is -2.08. The highest BCUT2D eigenvalue weighted by Gasteiger charge is 2.20. The van der Waals surface area contributed by atoms with Crippen LogP contribution >= 0.6 is 0 Å². The first-order valence-electron chi connectivity index (χ1n) is 6.89. The van der Waals surface area contributed by atoms with Crippen molar-refractivity contribution in [1.82, 2.24) is 4.98 Å². The van der Waals surface area contributed by atoms with Crippen LogP contribution in [0.4, 0.5) is 0 Å². The molecule has 23 heavy (non-hydrogen) atoms. The number of carboxylic acids is 1. The lowest BCUT2D eigenvalue weighted by molar-refractivity contribution is -0.136. The molecule has 116 valence electrons.